The van der Waals surface area contributed by atoms with E-state index in [4.69, 9.17) is 4.74 Å². The number of aryl methyl sites for hydroxylation is 1. The van der Waals surface area contributed by atoms with Gasteiger partial charge in [0.15, 0.2) is 11.6 Å². The molecule has 6 heteroatoms. The Morgan fingerprint density at radius 1 is 1.21 bits per heavy atom. The van der Waals surface area contributed by atoms with Gasteiger partial charge in [0.1, 0.15) is 5.82 Å². The number of likely N-dealkylation sites (tertiary alicyclic amines) is 1. The standard InChI is InChI=1S/C23H24FN3O2/c1-16-14-25-22(17-7-4-3-5-8-17)27(16)19-9-6-12-26(15-19)23(28)18-10-11-21(29-2)20(24)13-18/h3-5,7-8,10-11,13-14,19H,6,9,12,15H2,1-2H3. The van der Waals surface area contributed by atoms with Crippen LogP contribution >= 0.6 is 0 Å². The van der Waals surface area contributed by atoms with Crippen LogP contribution in [0, 0.1) is 12.7 Å². The SMILES string of the molecule is COc1ccc(C(=O)N2CCCC(n3c(C)cnc3-c3ccccc3)C2)cc1F. The lowest BCUT2D eigenvalue weighted by atomic mass is 10.0. The summed E-state index contributed by atoms with van der Waals surface area (Å²) in [7, 11) is 1.41. The molecule has 0 saturated carbocycles. The van der Waals surface area contributed by atoms with E-state index in [2.05, 4.69) is 9.55 Å². The van der Waals surface area contributed by atoms with Crippen molar-refractivity contribution in [3.05, 3.63) is 71.8 Å². The van der Waals surface area contributed by atoms with Gasteiger partial charge in [-0.1, -0.05) is 30.3 Å². The Labute approximate surface area is 169 Å². The van der Waals surface area contributed by atoms with Crippen molar-refractivity contribution >= 4 is 5.91 Å². The first-order valence-electron chi connectivity index (χ1n) is 9.80. The number of rotatable bonds is 4. The van der Waals surface area contributed by atoms with Crippen LogP contribution in [0.15, 0.2) is 54.7 Å². The molecule has 0 aliphatic carbocycles. The lowest BCUT2D eigenvalue weighted by Gasteiger charge is -2.35. The van der Waals surface area contributed by atoms with Crippen LogP contribution in [0.1, 0.15) is 34.9 Å². The molecule has 2 heterocycles. The minimum atomic E-state index is -0.524. The van der Waals surface area contributed by atoms with Gasteiger partial charge in [0.2, 0.25) is 0 Å². The van der Waals surface area contributed by atoms with E-state index in [1.54, 1.807) is 6.07 Å². The first kappa shape index (κ1) is 19.2. The van der Waals surface area contributed by atoms with Gasteiger partial charge in [0, 0.05) is 36.1 Å². The van der Waals surface area contributed by atoms with Crippen LogP contribution < -0.4 is 4.74 Å². The van der Waals surface area contributed by atoms with Crippen LogP contribution in [-0.2, 0) is 0 Å². The Kier molecular flexibility index (Phi) is 5.34. The molecule has 0 spiro atoms. The Morgan fingerprint density at radius 2 is 2.00 bits per heavy atom. The van der Waals surface area contributed by atoms with Crippen molar-refractivity contribution in [2.45, 2.75) is 25.8 Å². The summed E-state index contributed by atoms with van der Waals surface area (Å²) in [5.41, 5.74) is 2.47. The predicted octanol–water partition coefficient (Wildman–Crippen LogP) is 4.48. The van der Waals surface area contributed by atoms with Gasteiger partial charge in [0.05, 0.1) is 13.2 Å². The van der Waals surface area contributed by atoms with Crippen molar-refractivity contribution in [3.8, 4) is 17.1 Å². The fourth-order valence-electron chi connectivity index (χ4n) is 4.04. The first-order chi connectivity index (χ1) is 14.1. The molecule has 0 radical (unpaired) electrons. The number of hydrogen-bond donors (Lipinski definition) is 0. The van der Waals surface area contributed by atoms with Gasteiger partial charge in [-0.3, -0.25) is 4.79 Å². The smallest absolute Gasteiger partial charge is 0.254 e. The van der Waals surface area contributed by atoms with Gasteiger partial charge in [0.25, 0.3) is 5.91 Å². The molecular weight excluding hydrogens is 369 g/mol. The first-order valence-corrected chi connectivity index (χ1v) is 9.80. The molecule has 29 heavy (non-hydrogen) atoms. The summed E-state index contributed by atoms with van der Waals surface area (Å²) in [6.07, 6.45) is 3.74. The van der Waals surface area contributed by atoms with Crippen LogP contribution in [-0.4, -0.2) is 40.6 Å². The van der Waals surface area contributed by atoms with Crippen molar-refractivity contribution in [2.24, 2.45) is 0 Å². The molecular formula is C23H24FN3O2. The molecule has 4 rings (SSSR count). The van der Waals surface area contributed by atoms with E-state index in [0.29, 0.717) is 18.7 Å². The molecule has 150 valence electrons. The van der Waals surface area contributed by atoms with Crippen molar-refractivity contribution in [2.75, 3.05) is 20.2 Å². The van der Waals surface area contributed by atoms with E-state index < -0.39 is 5.82 Å². The average Bonchev–Trinajstić information content (AvgIpc) is 3.15. The molecule has 1 saturated heterocycles. The Morgan fingerprint density at radius 3 is 2.72 bits per heavy atom. The largest absolute Gasteiger partial charge is 0.494 e. The molecule has 2 aromatic carbocycles. The average molecular weight is 393 g/mol. The minimum absolute atomic E-state index is 0.133. The number of halogens is 1. The molecule has 0 N–H and O–H groups in total. The topological polar surface area (TPSA) is 47.4 Å². The zero-order valence-corrected chi connectivity index (χ0v) is 16.6. The normalized spacial score (nSPS) is 16.7. The highest BCUT2D eigenvalue weighted by Crippen LogP contribution is 2.30. The Hall–Kier alpha value is -3.15. The second-order valence-electron chi connectivity index (χ2n) is 7.36. The van der Waals surface area contributed by atoms with Crippen molar-refractivity contribution in [3.63, 3.8) is 0 Å². The molecule has 1 fully saturated rings. The number of nitrogens with zero attached hydrogens (tertiary/aromatic N) is 3. The number of benzene rings is 2. The van der Waals surface area contributed by atoms with Crippen LogP contribution in [0.25, 0.3) is 11.4 Å². The third-order valence-electron chi connectivity index (χ3n) is 5.46. The van der Waals surface area contributed by atoms with E-state index in [-0.39, 0.29) is 17.7 Å². The maximum absolute atomic E-state index is 14.1. The molecule has 3 aromatic rings. The highest BCUT2D eigenvalue weighted by Gasteiger charge is 2.28. The molecule has 1 amide bonds. The van der Waals surface area contributed by atoms with E-state index in [0.717, 1.165) is 29.9 Å². The summed E-state index contributed by atoms with van der Waals surface area (Å²) < 4.78 is 21.2. The summed E-state index contributed by atoms with van der Waals surface area (Å²) in [4.78, 5) is 19.4. The third kappa shape index (κ3) is 3.75. The highest BCUT2D eigenvalue weighted by molar-refractivity contribution is 5.94. The summed E-state index contributed by atoms with van der Waals surface area (Å²) >= 11 is 0. The number of carbonyl (C=O) groups excluding carboxylic acids is 1. The molecule has 0 bridgehead atoms. The number of amides is 1. The molecule has 1 aromatic heterocycles. The van der Waals surface area contributed by atoms with Crippen molar-refractivity contribution in [1.29, 1.82) is 0 Å². The van der Waals surface area contributed by atoms with E-state index >= 15 is 0 Å². The Bertz CT molecular complexity index is 1020. The second kappa shape index (κ2) is 8.07. The molecule has 1 aliphatic rings. The summed E-state index contributed by atoms with van der Waals surface area (Å²) in [5, 5.41) is 0. The third-order valence-corrected chi connectivity index (χ3v) is 5.46. The zero-order valence-electron chi connectivity index (χ0n) is 16.6. The van der Waals surface area contributed by atoms with Gasteiger partial charge in [-0.25, -0.2) is 9.37 Å². The summed E-state index contributed by atoms with van der Waals surface area (Å²) in [6, 6.07) is 14.6. The van der Waals surface area contributed by atoms with E-state index in [1.165, 1.54) is 19.2 Å². The van der Waals surface area contributed by atoms with Crippen molar-refractivity contribution < 1.29 is 13.9 Å². The number of hydrogen-bond acceptors (Lipinski definition) is 3. The van der Waals surface area contributed by atoms with Gasteiger partial charge in [-0.15, -0.1) is 0 Å². The van der Waals surface area contributed by atoms with Crippen LogP contribution in [0.5, 0.6) is 5.75 Å². The number of carbonyl (C=O) groups is 1. The second-order valence-corrected chi connectivity index (χ2v) is 7.36. The molecule has 1 unspecified atom stereocenters. The highest BCUT2D eigenvalue weighted by atomic mass is 19.1. The number of methoxy groups -OCH3 is 1. The monoisotopic (exact) mass is 393 g/mol. The van der Waals surface area contributed by atoms with Gasteiger partial charge in [-0.2, -0.15) is 0 Å². The maximum atomic E-state index is 14.1. The summed E-state index contributed by atoms with van der Waals surface area (Å²) in [5.74, 6) is 0.372. The Balaban J connectivity index is 1.59. The van der Waals surface area contributed by atoms with Gasteiger partial charge < -0.3 is 14.2 Å². The minimum Gasteiger partial charge on any atom is -0.494 e. The number of aromatic nitrogens is 2. The van der Waals surface area contributed by atoms with Crippen LogP contribution in [0.3, 0.4) is 0 Å². The fourth-order valence-corrected chi connectivity index (χ4v) is 4.04. The van der Waals surface area contributed by atoms with Crippen LogP contribution in [0.4, 0.5) is 4.39 Å². The zero-order chi connectivity index (χ0) is 20.4. The number of ether oxygens (including phenoxy) is 1. The number of imidazole rings is 1. The predicted molar refractivity (Wildman–Crippen MR) is 110 cm³/mol. The fraction of sp³-hybridized carbons (Fsp3) is 0.304. The van der Waals surface area contributed by atoms with Gasteiger partial charge in [-0.05, 0) is 38.0 Å². The summed E-state index contributed by atoms with van der Waals surface area (Å²) in [6.45, 7) is 3.28. The maximum Gasteiger partial charge on any atom is 0.254 e. The lowest BCUT2D eigenvalue weighted by molar-refractivity contribution is 0.0678. The van der Waals surface area contributed by atoms with Gasteiger partial charge >= 0.3 is 0 Å². The molecule has 5 nitrogen and oxygen atoms in total. The number of piperidine rings is 1. The van der Waals surface area contributed by atoms with E-state index in [9.17, 15) is 9.18 Å². The quantitative estimate of drug-likeness (QED) is 0.656. The van der Waals surface area contributed by atoms with Crippen molar-refractivity contribution in [1.82, 2.24) is 14.5 Å². The van der Waals surface area contributed by atoms with Crippen LogP contribution in [0.2, 0.25) is 0 Å². The molecule has 1 aliphatic heterocycles. The molecule has 1 atom stereocenters. The van der Waals surface area contributed by atoms with E-state index in [1.807, 2.05) is 48.4 Å². The lowest BCUT2D eigenvalue weighted by Crippen LogP contribution is -2.41.